The molecule has 0 unspecified atom stereocenters. The van der Waals surface area contributed by atoms with E-state index < -0.39 is 0 Å². The van der Waals surface area contributed by atoms with Gasteiger partial charge in [-0.1, -0.05) is 30.3 Å². The summed E-state index contributed by atoms with van der Waals surface area (Å²) < 4.78 is 12.8. The van der Waals surface area contributed by atoms with E-state index in [2.05, 4.69) is 15.3 Å². The minimum atomic E-state index is -0.354. The summed E-state index contributed by atoms with van der Waals surface area (Å²) in [6, 6.07) is 16.7. The highest BCUT2D eigenvalue weighted by molar-refractivity contribution is 5.62. The number of pyridine rings is 2. The standard InChI is InChI=1S/C16H12FN3/c17-13-6-9-16(19-10-13)20-14-7-8-15(18-11-14)12-4-2-1-3-5-12/h1-11H,(H,19,20). The molecular weight excluding hydrogens is 253 g/mol. The van der Waals surface area contributed by atoms with Crippen molar-refractivity contribution in [3.63, 3.8) is 0 Å². The summed E-state index contributed by atoms with van der Waals surface area (Å²) in [5.74, 6) is 0.230. The largest absolute Gasteiger partial charge is 0.339 e. The molecule has 0 atom stereocenters. The number of aromatic nitrogens is 2. The van der Waals surface area contributed by atoms with Gasteiger partial charge in [-0.2, -0.15) is 0 Å². The number of anilines is 2. The first-order valence-corrected chi connectivity index (χ1v) is 6.21. The van der Waals surface area contributed by atoms with Crippen LogP contribution >= 0.6 is 0 Å². The number of nitrogens with zero attached hydrogens (tertiary/aromatic N) is 2. The van der Waals surface area contributed by atoms with E-state index in [-0.39, 0.29) is 5.82 Å². The van der Waals surface area contributed by atoms with Crippen LogP contribution in [0, 0.1) is 5.82 Å². The molecule has 0 saturated heterocycles. The van der Waals surface area contributed by atoms with Gasteiger partial charge in [0.05, 0.1) is 23.8 Å². The van der Waals surface area contributed by atoms with Gasteiger partial charge in [0.15, 0.2) is 0 Å². The zero-order valence-corrected chi connectivity index (χ0v) is 10.6. The zero-order chi connectivity index (χ0) is 13.8. The number of nitrogens with one attached hydrogen (secondary N) is 1. The van der Waals surface area contributed by atoms with Crippen LogP contribution in [0.25, 0.3) is 11.3 Å². The van der Waals surface area contributed by atoms with Crippen LogP contribution in [0.3, 0.4) is 0 Å². The Morgan fingerprint density at radius 2 is 1.65 bits per heavy atom. The molecule has 0 radical (unpaired) electrons. The van der Waals surface area contributed by atoms with Gasteiger partial charge in [0, 0.05) is 5.56 Å². The lowest BCUT2D eigenvalue weighted by molar-refractivity contribution is 0.622. The van der Waals surface area contributed by atoms with Gasteiger partial charge in [-0.15, -0.1) is 0 Å². The predicted molar refractivity (Wildman–Crippen MR) is 77.2 cm³/mol. The Morgan fingerprint density at radius 1 is 0.800 bits per heavy atom. The molecule has 0 fully saturated rings. The third kappa shape index (κ3) is 2.80. The summed E-state index contributed by atoms with van der Waals surface area (Å²) in [7, 11) is 0. The summed E-state index contributed by atoms with van der Waals surface area (Å²) in [4.78, 5) is 8.34. The van der Waals surface area contributed by atoms with Crippen LogP contribution in [-0.4, -0.2) is 9.97 Å². The van der Waals surface area contributed by atoms with Crippen molar-refractivity contribution in [2.24, 2.45) is 0 Å². The van der Waals surface area contributed by atoms with Gasteiger partial charge < -0.3 is 5.32 Å². The SMILES string of the molecule is Fc1ccc(Nc2ccc(-c3ccccc3)nc2)nc1. The van der Waals surface area contributed by atoms with Crippen LogP contribution in [0.2, 0.25) is 0 Å². The van der Waals surface area contributed by atoms with Crippen molar-refractivity contribution in [2.45, 2.75) is 0 Å². The lowest BCUT2D eigenvalue weighted by atomic mass is 10.1. The van der Waals surface area contributed by atoms with Crippen molar-refractivity contribution < 1.29 is 4.39 Å². The molecule has 0 aliphatic rings. The van der Waals surface area contributed by atoms with Crippen LogP contribution in [0.15, 0.2) is 67.0 Å². The average Bonchev–Trinajstić information content (AvgIpc) is 2.51. The second kappa shape index (κ2) is 5.48. The maximum Gasteiger partial charge on any atom is 0.141 e. The van der Waals surface area contributed by atoms with Crippen LogP contribution in [0.1, 0.15) is 0 Å². The van der Waals surface area contributed by atoms with Crippen molar-refractivity contribution >= 4 is 11.5 Å². The summed E-state index contributed by atoms with van der Waals surface area (Å²) in [6.45, 7) is 0. The molecule has 0 spiro atoms. The molecule has 0 bridgehead atoms. The molecule has 0 aliphatic heterocycles. The zero-order valence-electron chi connectivity index (χ0n) is 10.6. The second-order valence-electron chi connectivity index (χ2n) is 4.28. The molecule has 1 N–H and O–H groups in total. The minimum Gasteiger partial charge on any atom is -0.339 e. The van der Waals surface area contributed by atoms with E-state index in [1.807, 2.05) is 42.5 Å². The van der Waals surface area contributed by atoms with Crippen LogP contribution in [0.4, 0.5) is 15.9 Å². The predicted octanol–water partition coefficient (Wildman–Crippen LogP) is 4.03. The Bertz CT molecular complexity index is 679. The fraction of sp³-hybridized carbons (Fsp3) is 0. The van der Waals surface area contributed by atoms with Crippen molar-refractivity contribution in [3.05, 3.63) is 72.8 Å². The van der Waals surface area contributed by atoms with E-state index in [1.54, 1.807) is 12.3 Å². The molecule has 3 aromatic rings. The van der Waals surface area contributed by atoms with Gasteiger partial charge in [0.1, 0.15) is 11.6 Å². The molecule has 1 aromatic carbocycles. The Morgan fingerprint density at radius 3 is 2.30 bits per heavy atom. The van der Waals surface area contributed by atoms with Crippen molar-refractivity contribution in [2.75, 3.05) is 5.32 Å². The molecule has 98 valence electrons. The lowest BCUT2D eigenvalue weighted by Gasteiger charge is -2.06. The molecule has 4 heteroatoms. The fourth-order valence-electron chi connectivity index (χ4n) is 1.85. The average molecular weight is 265 g/mol. The molecule has 3 rings (SSSR count). The first-order chi connectivity index (χ1) is 9.81. The van der Waals surface area contributed by atoms with Crippen molar-refractivity contribution in [1.29, 1.82) is 0 Å². The smallest absolute Gasteiger partial charge is 0.141 e. The Balaban J connectivity index is 1.78. The van der Waals surface area contributed by atoms with Crippen molar-refractivity contribution in [3.8, 4) is 11.3 Å². The molecule has 0 aliphatic carbocycles. The Kier molecular flexibility index (Phi) is 3.37. The molecule has 2 heterocycles. The first kappa shape index (κ1) is 12.3. The third-order valence-corrected chi connectivity index (χ3v) is 2.83. The summed E-state index contributed by atoms with van der Waals surface area (Å²) in [5, 5.41) is 3.07. The number of hydrogen-bond donors (Lipinski definition) is 1. The topological polar surface area (TPSA) is 37.8 Å². The van der Waals surface area contributed by atoms with Gasteiger partial charge in [-0.05, 0) is 24.3 Å². The normalized spacial score (nSPS) is 10.2. The maximum atomic E-state index is 12.8. The summed E-state index contributed by atoms with van der Waals surface area (Å²) in [5.41, 5.74) is 2.78. The fourth-order valence-corrected chi connectivity index (χ4v) is 1.85. The van der Waals surface area contributed by atoms with E-state index in [9.17, 15) is 4.39 Å². The van der Waals surface area contributed by atoms with E-state index in [4.69, 9.17) is 0 Å². The van der Waals surface area contributed by atoms with Gasteiger partial charge in [-0.3, -0.25) is 4.98 Å². The quantitative estimate of drug-likeness (QED) is 0.777. The van der Waals surface area contributed by atoms with E-state index in [1.165, 1.54) is 12.3 Å². The monoisotopic (exact) mass is 265 g/mol. The highest BCUT2D eigenvalue weighted by atomic mass is 19.1. The first-order valence-electron chi connectivity index (χ1n) is 6.21. The van der Waals surface area contributed by atoms with Gasteiger partial charge in [-0.25, -0.2) is 9.37 Å². The Labute approximate surface area is 116 Å². The van der Waals surface area contributed by atoms with Gasteiger partial charge in [0.2, 0.25) is 0 Å². The summed E-state index contributed by atoms with van der Waals surface area (Å²) >= 11 is 0. The Hall–Kier alpha value is -2.75. The number of hydrogen-bond acceptors (Lipinski definition) is 3. The van der Waals surface area contributed by atoms with Gasteiger partial charge in [0.25, 0.3) is 0 Å². The molecular formula is C16H12FN3. The third-order valence-electron chi connectivity index (χ3n) is 2.83. The van der Waals surface area contributed by atoms with E-state index in [0.717, 1.165) is 16.9 Å². The molecule has 0 amide bonds. The highest BCUT2D eigenvalue weighted by Crippen LogP contribution is 2.19. The number of benzene rings is 1. The van der Waals surface area contributed by atoms with E-state index >= 15 is 0 Å². The minimum absolute atomic E-state index is 0.354. The van der Waals surface area contributed by atoms with Crippen LogP contribution < -0.4 is 5.32 Å². The molecule has 3 nitrogen and oxygen atoms in total. The molecule has 0 saturated carbocycles. The number of rotatable bonds is 3. The maximum absolute atomic E-state index is 12.8. The lowest BCUT2D eigenvalue weighted by Crippen LogP contribution is -1.94. The number of halogens is 1. The molecule has 20 heavy (non-hydrogen) atoms. The highest BCUT2D eigenvalue weighted by Gasteiger charge is 2.00. The van der Waals surface area contributed by atoms with Crippen LogP contribution in [-0.2, 0) is 0 Å². The van der Waals surface area contributed by atoms with Crippen LogP contribution in [0.5, 0.6) is 0 Å². The van der Waals surface area contributed by atoms with Crippen molar-refractivity contribution in [1.82, 2.24) is 9.97 Å². The van der Waals surface area contributed by atoms with Gasteiger partial charge >= 0.3 is 0 Å². The second-order valence-corrected chi connectivity index (χ2v) is 4.28. The molecule has 2 aromatic heterocycles. The summed E-state index contributed by atoms with van der Waals surface area (Å²) in [6.07, 6.45) is 2.90. The van der Waals surface area contributed by atoms with E-state index in [0.29, 0.717) is 5.82 Å².